The van der Waals surface area contributed by atoms with Crippen LogP contribution in [0.4, 0.5) is 0 Å². The first kappa shape index (κ1) is 39.3. The lowest BCUT2D eigenvalue weighted by Crippen LogP contribution is -2.50. The first-order valence-electron chi connectivity index (χ1n) is 16.8. The van der Waals surface area contributed by atoms with E-state index in [1.807, 2.05) is 0 Å². The number of unbranched alkanes of at least 4 members (excludes halogenated alkanes) is 21. The molecule has 0 aliphatic carbocycles. The second-order valence-corrected chi connectivity index (χ2v) is 13.4. The molecular formula is C32H65NO6S. The third kappa shape index (κ3) is 26.2. The van der Waals surface area contributed by atoms with Crippen molar-refractivity contribution in [1.82, 2.24) is 5.32 Å². The molecule has 7 nitrogen and oxygen atoms in total. The molecule has 0 fully saturated rings. The first-order valence-corrected chi connectivity index (χ1v) is 18.4. The average Bonchev–Trinajstić information content (AvgIpc) is 2.90. The third-order valence-corrected chi connectivity index (χ3v) is 8.70. The molecule has 240 valence electrons. The number of amides is 1. The molecule has 4 N–H and O–H groups in total. The van der Waals surface area contributed by atoms with Crippen molar-refractivity contribution in [2.45, 2.75) is 193 Å². The first-order chi connectivity index (χ1) is 19.2. The average molecular weight is 592 g/mol. The molecule has 0 aliphatic heterocycles. The standard InChI is InChI=1S/C32H65NO6S/c1-3-5-7-9-11-13-14-15-16-17-18-19-21-23-25-27-31(35)32(36)33-29(28-40(37,38)39)30(34)26-24-22-20-12-10-8-6-4-2/h29-31,34-35H,3-28H2,1-2H3,(H,33,36)(H,37,38,39). The molecule has 0 saturated heterocycles. The van der Waals surface area contributed by atoms with Crippen molar-refractivity contribution >= 4 is 16.0 Å². The van der Waals surface area contributed by atoms with Crippen molar-refractivity contribution in [3.05, 3.63) is 0 Å². The fraction of sp³-hybridized carbons (Fsp3) is 0.969. The van der Waals surface area contributed by atoms with E-state index in [-0.39, 0.29) is 0 Å². The molecule has 8 heteroatoms. The molecule has 0 bridgehead atoms. The molecular weight excluding hydrogens is 526 g/mol. The Kier molecular flexibility index (Phi) is 26.7. The van der Waals surface area contributed by atoms with Crippen LogP contribution in [0.3, 0.4) is 0 Å². The number of rotatable bonds is 30. The molecule has 3 unspecified atom stereocenters. The zero-order valence-corrected chi connectivity index (χ0v) is 26.9. The van der Waals surface area contributed by atoms with Gasteiger partial charge in [-0.3, -0.25) is 9.35 Å². The molecule has 3 atom stereocenters. The molecule has 0 aliphatic rings. The highest BCUT2D eigenvalue weighted by Crippen LogP contribution is 2.15. The lowest BCUT2D eigenvalue weighted by molar-refractivity contribution is -0.131. The van der Waals surface area contributed by atoms with E-state index in [0.717, 1.165) is 38.5 Å². The minimum atomic E-state index is -4.39. The second kappa shape index (κ2) is 27.2. The van der Waals surface area contributed by atoms with E-state index >= 15 is 0 Å². The van der Waals surface area contributed by atoms with Gasteiger partial charge in [-0.2, -0.15) is 8.42 Å². The predicted octanol–water partition coefficient (Wildman–Crippen LogP) is 7.87. The zero-order chi connectivity index (χ0) is 29.9. The normalized spacial score (nSPS) is 14.2. The summed E-state index contributed by atoms with van der Waals surface area (Å²) in [4.78, 5) is 12.5. The minimum Gasteiger partial charge on any atom is -0.391 e. The summed E-state index contributed by atoms with van der Waals surface area (Å²) in [6.07, 6.45) is 25.7. The van der Waals surface area contributed by atoms with Crippen molar-refractivity contribution in [2.24, 2.45) is 0 Å². The van der Waals surface area contributed by atoms with E-state index in [2.05, 4.69) is 19.2 Å². The molecule has 0 rings (SSSR count). The van der Waals surface area contributed by atoms with Crippen LogP contribution in [0.15, 0.2) is 0 Å². The van der Waals surface area contributed by atoms with Crippen molar-refractivity contribution in [2.75, 3.05) is 5.75 Å². The van der Waals surface area contributed by atoms with Gasteiger partial charge in [0.05, 0.1) is 17.9 Å². The summed E-state index contributed by atoms with van der Waals surface area (Å²) in [7, 11) is -4.39. The van der Waals surface area contributed by atoms with Crippen LogP contribution < -0.4 is 5.32 Å². The molecule has 1 amide bonds. The lowest BCUT2D eigenvalue weighted by Gasteiger charge is -2.24. The quantitative estimate of drug-likeness (QED) is 0.0498. The Morgan fingerprint density at radius 3 is 1.25 bits per heavy atom. The third-order valence-electron chi connectivity index (χ3n) is 7.92. The summed E-state index contributed by atoms with van der Waals surface area (Å²) in [5.41, 5.74) is 0. The highest BCUT2D eigenvalue weighted by atomic mass is 32.2. The van der Waals surface area contributed by atoms with Gasteiger partial charge in [-0.1, -0.05) is 162 Å². The fourth-order valence-electron chi connectivity index (χ4n) is 5.28. The molecule has 0 aromatic heterocycles. The molecule has 0 aromatic carbocycles. The van der Waals surface area contributed by atoms with Gasteiger partial charge < -0.3 is 15.5 Å². The minimum absolute atomic E-state index is 0.302. The summed E-state index contributed by atoms with van der Waals surface area (Å²) < 4.78 is 32.2. The Hall–Kier alpha value is -0.700. The zero-order valence-electron chi connectivity index (χ0n) is 26.1. The van der Waals surface area contributed by atoms with E-state index < -0.39 is 40.0 Å². The van der Waals surface area contributed by atoms with Crippen LogP contribution in [0, 0.1) is 0 Å². The van der Waals surface area contributed by atoms with E-state index in [9.17, 15) is 28.0 Å². The van der Waals surface area contributed by atoms with Gasteiger partial charge in [-0.25, -0.2) is 0 Å². The second-order valence-electron chi connectivity index (χ2n) is 11.9. The summed E-state index contributed by atoms with van der Waals surface area (Å²) >= 11 is 0. The number of nitrogens with one attached hydrogen (secondary N) is 1. The number of aliphatic hydroxyl groups is 2. The van der Waals surface area contributed by atoms with Gasteiger partial charge in [-0.15, -0.1) is 0 Å². The van der Waals surface area contributed by atoms with Crippen LogP contribution in [0.1, 0.15) is 174 Å². The summed E-state index contributed by atoms with van der Waals surface area (Å²) in [5.74, 6) is -1.45. The summed E-state index contributed by atoms with van der Waals surface area (Å²) in [6.45, 7) is 4.44. The number of carbonyl (C=O) groups is 1. The number of hydrogen-bond acceptors (Lipinski definition) is 5. The SMILES string of the molecule is CCCCCCCCCCCCCCCCCC(O)C(=O)NC(CS(=O)(=O)O)C(O)CCCCCCCCCC. The summed E-state index contributed by atoms with van der Waals surface area (Å²) in [6, 6.07) is -1.14. The Balaban J connectivity index is 4.02. The maximum atomic E-state index is 12.5. The highest BCUT2D eigenvalue weighted by Gasteiger charge is 2.28. The topological polar surface area (TPSA) is 124 Å². The van der Waals surface area contributed by atoms with Crippen molar-refractivity contribution in [1.29, 1.82) is 0 Å². The van der Waals surface area contributed by atoms with Gasteiger partial charge in [0.15, 0.2) is 0 Å². The van der Waals surface area contributed by atoms with Gasteiger partial charge >= 0.3 is 0 Å². The van der Waals surface area contributed by atoms with Crippen LogP contribution in [-0.2, 0) is 14.9 Å². The maximum Gasteiger partial charge on any atom is 0.266 e. The van der Waals surface area contributed by atoms with Gasteiger partial charge in [0.25, 0.3) is 10.1 Å². The Morgan fingerprint density at radius 2 is 0.900 bits per heavy atom. The Labute approximate surface area is 247 Å². The highest BCUT2D eigenvalue weighted by molar-refractivity contribution is 7.85. The van der Waals surface area contributed by atoms with E-state index in [1.165, 1.54) is 103 Å². The molecule has 0 radical (unpaired) electrons. The van der Waals surface area contributed by atoms with E-state index in [1.54, 1.807) is 0 Å². The number of hydrogen-bond donors (Lipinski definition) is 4. The molecule has 0 saturated carbocycles. The van der Waals surface area contributed by atoms with Crippen molar-refractivity contribution in [3.63, 3.8) is 0 Å². The Bertz CT molecular complexity index is 672. The van der Waals surface area contributed by atoms with Crippen molar-refractivity contribution in [3.8, 4) is 0 Å². The molecule has 40 heavy (non-hydrogen) atoms. The number of carbonyl (C=O) groups excluding carboxylic acids is 1. The number of aliphatic hydroxyl groups excluding tert-OH is 2. The van der Waals surface area contributed by atoms with E-state index in [4.69, 9.17) is 0 Å². The van der Waals surface area contributed by atoms with Crippen LogP contribution in [0.5, 0.6) is 0 Å². The fourth-order valence-corrected chi connectivity index (χ4v) is 6.04. The van der Waals surface area contributed by atoms with Gasteiger partial charge in [0, 0.05) is 0 Å². The summed E-state index contributed by atoms with van der Waals surface area (Å²) in [5, 5.41) is 23.3. The molecule has 0 spiro atoms. The lowest BCUT2D eigenvalue weighted by atomic mass is 10.0. The van der Waals surface area contributed by atoms with Gasteiger partial charge in [-0.05, 0) is 12.8 Å². The van der Waals surface area contributed by atoms with E-state index in [0.29, 0.717) is 19.3 Å². The largest absolute Gasteiger partial charge is 0.391 e. The monoisotopic (exact) mass is 591 g/mol. The smallest absolute Gasteiger partial charge is 0.266 e. The van der Waals surface area contributed by atoms with Crippen LogP contribution in [0.25, 0.3) is 0 Å². The van der Waals surface area contributed by atoms with Gasteiger partial charge in [0.2, 0.25) is 5.91 Å². The molecule has 0 aromatic rings. The van der Waals surface area contributed by atoms with Crippen LogP contribution in [-0.4, -0.2) is 53.1 Å². The molecule has 0 heterocycles. The van der Waals surface area contributed by atoms with Gasteiger partial charge in [0.1, 0.15) is 6.10 Å². The predicted molar refractivity (Wildman–Crippen MR) is 167 cm³/mol. The van der Waals surface area contributed by atoms with Crippen molar-refractivity contribution < 1.29 is 28.0 Å². The van der Waals surface area contributed by atoms with Crippen LogP contribution in [0.2, 0.25) is 0 Å². The van der Waals surface area contributed by atoms with Crippen LogP contribution >= 0.6 is 0 Å². The Morgan fingerprint density at radius 1 is 0.575 bits per heavy atom. The maximum absolute atomic E-state index is 12.5.